The third-order valence-corrected chi connectivity index (χ3v) is 3.25. The maximum atomic E-state index is 4.32. The second-order valence-corrected chi connectivity index (χ2v) is 4.42. The Morgan fingerprint density at radius 3 is 2.79 bits per heavy atom. The fourth-order valence-electron chi connectivity index (χ4n) is 1.85. The van der Waals surface area contributed by atoms with Crippen LogP contribution >= 0.6 is 0 Å². The molecular weight excluding hydrogens is 172 g/mol. The Balaban J connectivity index is 1.83. The molecule has 0 saturated heterocycles. The molecule has 1 aromatic rings. The van der Waals surface area contributed by atoms with E-state index in [1.54, 1.807) is 0 Å². The number of rotatable bonds is 3. The van der Waals surface area contributed by atoms with Gasteiger partial charge in [-0.15, -0.1) is 0 Å². The second-order valence-electron chi connectivity index (χ2n) is 4.42. The highest BCUT2D eigenvalue weighted by Crippen LogP contribution is 2.33. The molecule has 1 fully saturated rings. The molecule has 1 aliphatic carbocycles. The molecule has 2 rings (SSSR count). The van der Waals surface area contributed by atoms with Crippen LogP contribution in [0.4, 0.5) is 5.82 Å². The highest BCUT2D eigenvalue weighted by Gasteiger charge is 2.25. The second kappa shape index (κ2) is 3.99. The van der Waals surface area contributed by atoms with E-state index in [-0.39, 0.29) is 0 Å². The summed E-state index contributed by atoms with van der Waals surface area (Å²) < 4.78 is 0. The van der Waals surface area contributed by atoms with E-state index >= 15 is 0 Å². The first-order chi connectivity index (χ1) is 6.75. The molecule has 2 atom stereocenters. The van der Waals surface area contributed by atoms with Gasteiger partial charge in [-0.2, -0.15) is 0 Å². The van der Waals surface area contributed by atoms with Gasteiger partial charge in [0.1, 0.15) is 5.82 Å². The van der Waals surface area contributed by atoms with Gasteiger partial charge in [0.15, 0.2) is 0 Å². The minimum Gasteiger partial charge on any atom is -0.370 e. The average Bonchev–Trinajstić information content (AvgIpc) is 2.19. The smallest absolute Gasteiger partial charge is 0.125 e. The molecule has 0 spiro atoms. The van der Waals surface area contributed by atoms with Crippen molar-refractivity contribution in [1.29, 1.82) is 0 Å². The van der Waals surface area contributed by atoms with Crippen LogP contribution in [0.1, 0.15) is 25.3 Å². The predicted octanol–water partition coefficient (Wildman–Crippen LogP) is 2.85. The van der Waals surface area contributed by atoms with E-state index < -0.39 is 0 Å². The fraction of sp³-hybridized carbons (Fsp3) is 0.583. The Bertz CT molecular complexity index is 292. The van der Waals surface area contributed by atoms with Gasteiger partial charge in [0.05, 0.1) is 0 Å². The van der Waals surface area contributed by atoms with Gasteiger partial charge in [-0.25, -0.2) is 4.98 Å². The van der Waals surface area contributed by atoms with E-state index in [0.29, 0.717) is 0 Å². The van der Waals surface area contributed by atoms with E-state index in [0.717, 1.165) is 24.2 Å². The summed E-state index contributed by atoms with van der Waals surface area (Å²) in [4.78, 5) is 4.32. The largest absolute Gasteiger partial charge is 0.370 e. The summed E-state index contributed by atoms with van der Waals surface area (Å²) in [5.74, 6) is 2.76. The lowest BCUT2D eigenvalue weighted by atomic mass is 9.75. The number of anilines is 1. The lowest BCUT2D eigenvalue weighted by Crippen LogP contribution is -2.29. The van der Waals surface area contributed by atoms with Crippen LogP contribution in [-0.4, -0.2) is 11.5 Å². The van der Waals surface area contributed by atoms with Gasteiger partial charge < -0.3 is 5.32 Å². The SMILES string of the molecule is Cc1ccc(NC[C@H]2CC[C@@H]2C)nc1. The molecule has 0 amide bonds. The Morgan fingerprint density at radius 1 is 1.43 bits per heavy atom. The zero-order valence-corrected chi connectivity index (χ0v) is 8.96. The third-order valence-electron chi connectivity index (χ3n) is 3.25. The molecule has 2 nitrogen and oxygen atoms in total. The van der Waals surface area contributed by atoms with E-state index in [9.17, 15) is 0 Å². The molecule has 1 saturated carbocycles. The Hall–Kier alpha value is -1.05. The summed E-state index contributed by atoms with van der Waals surface area (Å²) in [6, 6.07) is 4.15. The number of hydrogen-bond acceptors (Lipinski definition) is 2. The van der Waals surface area contributed by atoms with Gasteiger partial charge in [-0.1, -0.05) is 19.4 Å². The monoisotopic (exact) mass is 190 g/mol. The summed E-state index contributed by atoms with van der Waals surface area (Å²) in [6.07, 6.45) is 4.68. The van der Waals surface area contributed by atoms with Crippen LogP contribution in [0.3, 0.4) is 0 Å². The fourth-order valence-corrected chi connectivity index (χ4v) is 1.85. The lowest BCUT2D eigenvalue weighted by molar-refractivity contribution is 0.210. The first-order valence-corrected chi connectivity index (χ1v) is 5.42. The number of nitrogens with zero attached hydrogens (tertiary/aromatic N) is 1. The topological polar surface area (TPSA) is 24.9 Å². The van der Waals surface area contributed by atoms with Crippen molar-refractivity contribution in [3.05, 3.63) is 23.9 Å². The van der Waals surface area contributed by atoms with Crippen LogP contribution in [-0.2, 0) is 0 Å². The van der Waals surface area contributed by atoms with Crippen molar-refractivity contribution in [1.82, 2.24) is 4.98 Å². The number of pyridine rings is 1. The Kier molecular flexibility index (Phi) is 2.71. The molecule has 0 unspecified atom stereocenters. The summed E-state index contributed by atoms with van der Waals surface area (Å²) in [7, 11) is 0. The first-order valence-electron chi connectivity index (χ1n) is 5.42. The van der Waals surface area contributed by atoms with Gasteiger partial charge in [0.25, 0.3) is 0 Å². The highest BCUT2D eigenvalue weighted by molar-refractivity contribution is 5.35. The van der Waals surface area contributed by atoms with E-state index in [2.05, 4.69) is 36.3 Å². The van der Waals surface area contributed by atoms with Crippen LogP contribution in [0.2, 0.25) is 0 Å². The number of aromatic nitrogens is 1. The first kappa shape index (κ1) is 9.50. The van der Waals surface area contributed by atoms with E-state index in [1.807, 2.05) is 6.20 Å². The number of hydrogen-bond donors (Lipinski definition) is 1. The number of aryl methyl sites for hydroxylation is 1. The summed E-state index contributed by atoms with van der Waals surface area (Å²) in [5, 5.41) is 3.39. The van der Waals surface area contributed by atoms with Crippen LogP contribution in [0.25, 0.3) is 0 Å². The summed E-state index contributed by atoms with van der Waals surface area (Å²) in [5.41, 5.74) is 1.22. The van der Waals surface area contributed by atoms with Crippen LogP contribution in [0.5, 0.6) is 0 Å². The Morgan fingerprint density at radius 2 is 2.29 bits per heavy atom. The molecule has 76 valence electrons. The van der Waals surface area contributed by atoms with Gasteiger partial charge in [0.2, 0.25) is 0 Å². The minimum absolute atomic E-state index is 0.859. The molecule has 1 N–H and O–H groups in total. The minimum atomic E-state index is 0.859. The average molecular weight is 190 g/mol. The molecule has 1 heterocycles. The van der Waals surface area contributed by atoms with Crippen molar-refractivity contribution in [2.24, 2.45) is 11.8 Å². The molecule has 0 aromatic carbocycles. The van der Waals surface area contributed by atoms with Gasteiger partial charge in [0, 0.05) is 12.7 Å². The number of nitrogens with one attached hydrogen (secondary N) is 1. The maximum Gasteiger partial charge on any atom is 0.125 e. The van der Waals surface area contributed by atoms with Crippen molar-refractivity contribution < 1.29 is 0 Å². The molecule has 0 aliphatic heterocycles. The van der Waals surface area contributed by atoms with Crippen molar-refractivity contribution in [3.8, 4) is 0 Å². The van der Waals surface area contributed by atoms with Gasteiger partial charge in [-0.3, -0.25) is 0 Å². The molecule has 1 aromatic heterocycles. The molecular formula is C12H18N2. The maximum absolute atomic E-state index is 4.32. The van der Waals surface area contributed by atoms with Crippen molar-refractivity contribution in [2.75, 3.05) is 11.9 Å². The van der Waals surface area contributed by atoms with E-state index in [1.165, 1.54) is 18.4 Å². The van der Waals surface area contributed by atoms with Crippen molar-refractivity contribution in [2.45, 2.75) is 26.7 Å². The van der Waals surface area contributed by atoms with Gasteiger partial charge in [-0.05, 0) is 36.8 Å². The van der Waals surface area contributed by atoms with Crippen LogP contribution < -0.4 is 5.32 Å². The zero-order chi connectivity index (χ0) is 9.97. The quantitative estimate of drug-likeness (QED) is 0.792. The highest BCUT2D eigenvalue weighted by atomic mass is 15.0. The van der Waals surface area contributed by atoms with Crippen molar-refractivity contribution in [3.63, 3.8) is 0 Å². The molecule has 14 heavy (non-hydrogen) atoms. The lowest BCUT2D eigenvalue weighted by Gasteiger charge is -2.33. The normalized spacial score (nSPS) is 25.6. The molecule has 1 aliphatic rings. The van der Waals surface area contributed by atoms with Gasteiger partial charge >= 0.3 is 0 Å². The molecule has 0 bridgehead atoms. The summed E-state index contributed by atoms with van der Waals surface area (Å²) >= 11 is 0. The van der Waals surface area contributed by atoms with Crippen LogP contribution in [0, 0.1) is 18.8 Å². The zero-order valence-electron chi connectivity index (χ0n) is 8.96. The molecule has 2 heteroatoms. The van der Waals surface area contributed by atoms with Crippen LogP contribution in [0.15, 0.2) is 18.3 Å². The summed E-state index contributed by atoms with van der Waals surface area (Å²) in [6.45, 7) is 5.47. The van der Waals surface area contributed by atoms with Crippen molar-refractivity contribution >= 4 is 5.82 Å². The third kappa shape index (κ3) is 2.06. The predicted molar refractivity (Wildman–Crippen MR) is 59.4 cm³/mol. The Labute approximate surface area is 85.7 Å². The standard InChI is InChI=1S/C12H18N2/c1-9-3-6-12(13-7-9)14-8-11-5-4-10(11)2/h3,6-7,10-11H,4-5,8H2,1-2H3,(H,13,14)/t10-,11+/m0/s1. The molecule has 0 radical (unpaired) electrons. The van der Waals surface area contributed by atoms with E-state index in [4.69, 9.17) is 0 Å².